The molecule has 1 aromatic rings. The van der Waals surface area contributed by atoms with E-state index in [1.807, 2.05) is 0 Å². The molecule has 2 aliphatic carbocycles. The van der Waals surface area contributed by atoms with Gasteiger partial charge in [-0.2, -0.15) is 0 Å². The zero-order valence-electron chi connectivity index (χ0n) is 15.5. The van der Waals surface area contributed by atoms with Crippen molar-refractivity contribution in [2.45, 2.75) is 57.8 Å². The molecule has 0 spiro atoms. The maximum Gasteiger partial charge on any atom is 0.261 e. The second kappa shape index (κ2) is 7.66. The normalized spacial score (nSPS) is 20.6. The summed E-state index contributed by atoms with van der Waals surface area (Å²) in [6.07, 6.45) is 7.54. The van der Waals surface area contributed by atoms with Crippen LogP contribution in [0.5, 0.6) is 0 Å². The molecule has 1 saturated carbocycles. The predicted molar refractivity (Wildman–Crippen MR) is 105 cm³/mol. The van der Waals surface area contributed by atoms with E-state index in [1.54, 1.807) is 0 Å². The quantitative estimate of drug-likeness (QED) is 0.740. The third kappa shape index (κ3) is 3.34. The van der Waals surface area contributed by atoms with Crippen molar-refractivity contribution in [1.29, 1.82) is 0 Å². The summed E-state index contributed by atoms with van der Waals surface area (Å²) < 4.78 is 14.6. The number of anilines is 2. The van der Waals surface area contributed by atoms with Crippen LogP contribution in [-0.2, 0) is 14.4 Å². The lowest BCUT2D eigenvalue weighted by Crippen LogP contribution is -2.32. The summed E-state index contributed by atoms with van der Waals surface area (Å²) in [6.45, 7) is 0. The minimum Gasteiger partial charge on any atom is -0.324 e. The lowest BCUT2D eigenvalue weighted by atomic mass is 9.88. The molecule has 148 valence electrons. The maximum atomic E-state index is 14.6. The number of hydrogen-bond acceptors (Lipinski definition) is 3. The third-order valence-electron chi connectivity index (χ3n) is 5.90. The van der Waals surface area contributed by atoms with Crippen molar-refractivity contribution < 1.29 is 18.8 Å². The first-order valence-corrected chi connectivity index (χ1v) is 10.3. The van der Waals surface area contributed by atoms with Crippen molar-refractivity contribution in [2.75, 3.05) is 10.2 Å². The molecular formula is C21H22ClFN2O3. The molecule has 0 bridgehead atoms. The molecule has 1 aromatic carbocycles. The largest absolute Gasteiger partial charge is 0.324 e. The van der Waals surface area contributed by atoms with Gasteiger partial charge in [0.15, 0.2) is 0 Å². The molecule has 0 radical (unpaired) electrons. The van der Waals surface area contributed by atoms with E-state index in [1.165, 1.54) is 6.07 Å². The van der Waals surface area contributed by atoms with E-state index in [9.17, 15) is 18.8 Å². The van der Waals surface area contributed by atoms with Gasteiger partial charge in [-0.15, -0.1) is 0 Å². The molecular weight excluding hydrogens is 383 g/mol. The number of carbonyl (C=O) groups is 3. The van der Waals surface area contributed by atoms with Crippen molar-refractivity contribution >= 4 is 40.7 Å². The first-order valence-electron chi connectivity index (χ1n) is 9.88. The number of amides is 3. The molecule has 0 unspecified atom stereocenters. The Morgan fingerprint density at radius 2 is 1.61 bits per heavy atom. The highest BCUT2D eigenvalue weighted by Gasteiger charge is 2.41. The average molecular weight is 405 g/mol. The Kier molecular flexibility index (Phi) is 5.23. The number of nitrogens with one attached hydrogen (secondary N) is 1. The van der Waals surface area contributed by atoms with Crippen molar-refractivity contribution in [1.82, 2.24) is 0 Å². The van der Waals surface area contributed by atoms with Crippen LogP contribution in [0.4, 0.5) is 15.8 Å². The summed E-state index contributed by atoms with van der Waals surface area (Å²) in [7, 11) is 0. The third-order valence-corrected chi connectivity index (χ3v) is 6.21. The van der Waals surface area contributed by atoms with E-state index in [4.69, 9.17) is 11.6 Å². The summed E-state index contributed by atoms with van der Waals surface area (Å²) in [5, 5.41) is 2.81. The molecule has 3 amide bonds. The standard InChI is InChI=1S/C21H22ClFN2O3/c22-15-10-16(23)18(11-17(15)24-19(26)12-6-2-1-3-7-12)25-20(27)13-8-4-5-9-14(13)21(25)28/h10-12H,1-9H2,(H,24,26). The molecule has 4 rings (SSSR count). The van der Waals surface area contributed by atoms with Crippen LogP contribution in [0.3, 0.4) is 0 Å². The number of nitrogens with zero attached hydrogens (tertiary/aromatic N) is 1. The molecule has 7 heteroatoms. The van der Waals surface area contributed by atoms with Gasteiger partial charge in [0, 0.05) is 17.1 Å². The van der Waals surface area contributed by atoms with Gasteiger partial charge in [0.05, 0.1) is 16.4 Å². The monoisotopic (exact) mass is 404 g/mol. The van der Waals surface area contributed by atoms with Gasteiger partial charge in [-0.25, -0.2) is 9.29 Å². The van der Waals surface area contributed by atoms with Gasteiger partial charge < -0.3 is 5.32 Å². The Labute approximate surface area is 167 Å². The van der Waals surface area contributed by atoms with Crippen LogP contribution in [0.15, 0.2) is 23.3 Å². The molecule has 1 heterocycles. The second-order valence-corrected chi connectivity index (χ2v) is 8.12. The zero-order chi connectivity index (χ0) is 19.8. The van der Waals surface area contributed by atoms with E-state index in [-0.39, 0.29) is 28.2 Å². The lowest BCUT2D eigenvalue weighted by molar-refractivity contribution is -0.121. The van der Waals surface area contributed by atoms with E-state index < -0.39 is 17.6 Å². The predicted octanol–water partition coefficient (Wildman–Crippen LogP) is 4.74. The molecule has 1 fully saturated rings. The first kappa shape index (κ1) is 19.1. The number of hydrogen-bond donors (Lipinski definition) is 1. The fourth-order valence-corrected chi connectivity index (χ4v) is 4.56. The van der Waals surface area contributed by atoms with Gasteiger partial charge in [-0.05, 0) is 50.7 Å². The number of benzene rings is 1. The molecule has 3 aliphatic rings. The van der Waals surface area contributed by atoms with E-state index in [0.717, 1.165) is 55.9 Å². The van der Waals surface area contributed by atoms with E-state index in [0.29, 0.717) is 24.0 Å². The van der Waals surface area contributed by atoms with Gasteiger partial charge in [-0.3, -0.25) is 14.4 Å². The fraction of sp³-hybridized carbons (Fsp3) is 0.476. The zero-order valence-corrected chi connectivity index (χ0v) is 16.3. The number of halogens is 2. The summed E-state index contributed by atoms with van der Waals surface area (Å²) in [5.74, 6) is -1.95. The van der Waals surface area contributed by atoms with Gasteiger partial charge in [0.2, 0.25) is 5.91 Å². The van der Waals surface area contributed by atoms with Crippen molar-refractivity contribution in [2.24, 2.45) is 5.92 Å². The van der Waals surface area contributed by atoms with Crippen molar-refractivity contribution in [3.05, 3.63) is 34.1 Å². The molecule has 28 heavy (non-hydrogen) atoms. The maximum absolute atomic E-state index is 14.6. The topological polar surface area (TPSA) is 66.5 Å². The van der Waals surface area contributed by atoms with Crippen LogP contribution < -0.4 is 10.2 Å². The van der Waals surface area contributed by atoms with Gasteiger partial charge >= 0.3 is 0 Å². The Hall–Kier alpha value is -2.21. The smallest absolute Gasteiger partial charge is 0.261 e. The SMILES string of the molecule is O=C(Nc1cc(N2C(=O)C3=C(CCCC3)C2=O)c(F)cc1Cl)C1CCCCC1. The highest BCUT2D eigenvalue weighted by Crippen LogP contribution is 2.39. The summed E-state index contributed by atoms with van der Waals surface area (Å²) >= 11 is 6.13. The highest BCUT2D eigenvalue weighted by atomic mass is 35.5. The number of imide groups is 1. The lowest BCUT2D eigenvalue weighted by Gasteiger charge is -2.22. The van der Waals surface area contributed by atoms with Crippen LogP contribution in [0.2, 0.25) is 5.02 Å². The minimum absolute atomic E-state index is 0.0437. The van der Waals surface area contributed by atoms with E-state index in [2.05, 4.69) is 5.32 Å². The molecule has 5 nitrogen and oxygen atoms in total. The molecule has 1 aliphatic heterocycles. The number of rotatable bonds is 3. The van der Waals surface area contributed by atoms with E-state index >= 15 is 0 Å². The van der Waals surface area contributed by atoms with Crippen LogP contribution in [0, 0.1) is 11.7 Å². The summed E-state index contributed by atoms with van der Waals surface area (Å²) in [4.78, 5) is 38.9. The Morgan fingerprint density at radius 3 is 2.21 bits per heavy atom. The first-order chi connectivity index (χ1) is 13.5. The second-order valence-electron chi connectivity index (χ2n) is 7.72. The summed E-state index contributed by atoms with van der Waals surface area (Å²) in [6, 6.07) is 2.35. The van der Waals surface area contributed by atoms with Crippen molar-refractivity contribution in [3.63, 3.8) is 0 Å². The van der Waals surface area contributed by atoms with Crippen LogP contribution in [0.1, 0.15) is 57.8 Å². The molecule has 0 atom stereocenters. The van der Waals surface area contributed by atoms with Crippen LogP contribution >= 0.6 is 11.6 Å². The number of carbonyl (C=O) groups excluding carboxylic acids is 3. The Balaban J connectivity index is 1.62. The highest BCUT2D eigenvalue weighted by molar-refractivity contribution is 6.35. The summed E-state index contributed by atoms with van der Waals surface area (Å²) in [5.41, 5.74) is 1.03. The molecule has 1 N–H and O–H groups in total. The van der Waals surface area contributed by atoms with Crippen molar-refractivity contribution in [3.8, 4) is 0 Å². The van der Waals surface area contributed by atoms with Crippen LogP contribution in [-0.4, -0.2) is 17.7 Å². The Morgan fingerprint density at radius 1 is 1.00 bits per heavy atom. The van der Waals surface area contributed by atoms with Gasteiger partial charge in [-0.1, -0.05) is 30.9 Å². The Bertz CT molecular complexity index is 862. The minimum atomic E-state index is -0.762. The average Bonchev–Trinajstić information content (AvgIpc) is 2.96. The van der Waals surface area contributed by atoms with Crippen LogP contribution in [0.25, 0.3) is 0 Å². The molecule has 0 aromatic heterocycles. The van der Waals surface area contributed by atoms with Gasteiger partial charge in [0.25, 0.3) is 11.8 Å². The van der Waals surface area contributed by atoms with Gasteiger partial charge in [0.1, 0.15) is 5.82 Å². The molecule has 0 saturated heterocycles. The fourth-order valence-electron chi connectivity index (χ4n) is 4.36.